The van der Waals surface area contributed by atoms with E-state index in [1.54, 1.807) is 0 Å². The van der Waals surface area contributed by atoms with Crippen molar-refractivity contribution in [2.45, 2.75) is 37.6 Å². The summed E-state index contributed by atoms with van der Waals surface area (Å²) in [5, 5.41) is 0. The molecule has 2 saturated carbocycles. The van der Waals surface area contributed by atoms with Crippen molar-refractivity contribution in [1.82, 2.24) is 0 Å². The van der Waals surface area contributed by atoms with Crippen LogP contribution >= 0.6 is 0 Å². The lowest BCUT2D eigenvalue weighted by atomic mass is 9.80. The highest BCUT2D eigenvalue weighted by Crippen LogP contribution is 2.50. The molecule has 2 unspecified atom stereocenters. The van der Waals surface area contributed by atoms with E-state index in [1.165, 1.54) is 0 Å². The van der Waals surface area contributed by atoms with Crippen LogP contribution in [0.1, 0.15) is 25.7 Å². The predicted molar refractivity (Wildman–Crippen MR) is 50.0 cm³/mol. The van der Waals surface area contributed by atoms with Crippen LogP contribution in [0.3, 0.4) is 0 Å². The highest BCUT2D eigenvalue weighted by Gasteiger charge is 2.52. The van der Waals surface area contributed by atoms with Gasteiger partial charge in [-0.15, -0.1) is 0 Å². The van der Waals surface area contributed by atoms with Gasteiger partial charge in [-0.25, -0.2) is 4.39 Å². The highest BCUT2D eigenvalue weighted by molar-refractivity contribution is 5.84. The second-order valence-electron chi connectivity index (χ2n) is 4.91. The highest BCUT2D eigenvalue weighted by atomic mass is 19.1. The zero-order chi connectivity index (χ0) is 10.5. The first kappa shape index (κ1) is 9.73. The summed E-state index contributed by atoms with van der Waals surface area (Å²) < 4.78 is 24.5. The Morgan fingerprint density at radius 3 is 2.60 bits per heavy atom. The number of ketones is 1. The van der Waals surface area contributed by atoms with Crippen LogP contribution in [0.15, 0.2) is 0 Å². The zero-order valence-corrected chi connectivity index (χ0v) is 8.58. The molecular formula is C11H15FO3. The van der Waals surface area contributed by atoms with Gasteiger partial charge < -0.3 is 9.47 Å². The topological polar surface area (TPSA) is 35.5 Å². The minimum atomic E-state index is -1.25. The van der Waals surface area contributed by atoms with E-state index in [-0.39, 0.29) is 17.6 Å². The molecule has 3 atom stereocenters. The second-order valence-corrected chi connectivity index (χ2v) is 4.91. The largest absolute Gasteiger partial charge is 0.348 e. The molecule has 0 bridgehead atoms. The lowest BCUT2D eigenvalue weighted by Crippen LogP contribution is -2.30. The number of alkyl halides is 1. The molecular weight excluding hydrogens is 199 g/mol. The number of hydrogen-bond acceptors (Lipinski definition) is 3. The third kappa shape index (κ3) is 1.51. The predicted octanol–water partition coefficient (Wildman–Crippen LogP) is 1.46. The van der Waals surface area contributed by atoms with Crippen LogP contribution in [0.5, 0.6) is 0 Å². The van der Waals surface area contributed by atoms with Crippen molar-refractivity contribution in [2.75, 3.05) is 13.2 Å². The smallest absolute Gasteiger partial charge is 0.169 e. The van der Waals surface area contributed by atoms with Gasteiger partial charge in [-0.05, 0) is 18.3 Å². The van der Waals surface area contributed by atoms with Crippen LogP contribution in [0.4, 0.5) is 4.39 Å². The molecule has 0 amide bonds. The van der Waals surface area contributed by atoms with Gasteiger partial charge in [-0.2, -0.15) is 0 Å². The number of carbonyl (C=O) groups excluding carboxylic acids is 1. The summed E-state index contributed by atoms with van der Waals surface area (Å²) in [5.74, 6) is -0.149. The number of fused-ring (bicyclic) bond motifs is 1. The molecule has 2 aliphatic carbocycles. The molecule has 0 radical (unpaired) electrons. The number of carbonyl (C=O) groups is 1. The fraction of sp³-hybridized carbons (Fsp3) is 0.909. The maximum absolute atomic E-state index is 13.3. The summed E-state index contributed by atoms with van der Waals surface area (Å²) in [4.78, 5) is 11.3. The van der Waals surface area contributed by atoms with Gasteiger partial charge in [0.1, 0.15) is 0 Å². The molecule has 0 aromatic rings. The van der Waals surface area contributed by atoms with Crippen LogP contribution in [0.25, 0.3) is 0 Å². The number of halogens is 1. The molecule has 1 saturated heterocycles. The van der Waals surface area contributed by atoms with Gasteiger partial charge in [0.15, 0.2) is 17.7 Å². The van der Waals surface area contributed by atoms with E-state index in [9.17, 15) is 9.18 Å². The number of ether oxygens (including phenoxy) is 2. The van der Waals surface area contributed by atoms with Gasteiger partial charge in [0.05, 0.1) is 13.2 Å². The second kappa shape index (κ2) is 3.25. The fourth-order valence-corrected chi connectivity index (χ4v) is 3.25. The first-order valence-electron chi connectivity index (χ1n) is 5.63. The minimum Gasteiger partial charge on any atom is -0.348 e. The molecule has 0 aromatic carbocycles. The lowest BCUT2D eigenvalue weighted by Gasteiger charge is -2.25. The van der Waals surface area contributed by atoms with Crippen LogP contribution in [-0.2, 0) is 14.3 Å². The minimum absolute atomic E-state index is 0.230. The van der Waals surface area contributed by atoms with E-state index in [0.29, 0.717) is 26.1 Å². The standard InChI is InChI=1S/C11H15FO3/c12-9-3-7-5-11(14-1-2-15-11)6-8(7)4-10(9)13/h7-9H,1-6H2/t7?,8?,9-/m0/s1. The van der Waals surface area contributed by atoms with Gasteiger partial charge in [0, 0.05) is 19.3 Å². The SMILES string of the molecule is O=C1CC2CC3(CC2C[C@@H]1F)OCCO3. The van der Waals surface area contributed by atoms with Crippen LogP contribution in [0.2, 0.25) is 0 Å². The Balaban J connectivity index is 1.76. The normalized spacial score (nSPS) is 43.5. The van der Waals surface area contributed by atoms with Crippen molar-refractivity contribution in [3.63, 3.8) is 0 Å². The van der Waals surface area contributed by atoms with E-state index in [0.717, 1.165) is 12.8 Å². The molecule has 4 heteroatoms. The summed E-state index contributed by atoms with van der Waals surface area (Å²) in [7, 11) is 0. The van der Waals surface area contributed by atoms with E-state index in [4.69, 9.17) is 9.47 Å². The van der Waals surface area contributed by atoms with E-state index < -0.39 is 12.0 Å². The molecule has 0 aromatic heterocycles. The number of hydrogen-bond donors (Lipinski definition) is 0. The summed E-state index contributed by atoms with van der Waals surface area (Å²) in [5.41, 5.74) is 0. The van der Waals surface area contributed by atoms with E-state index >= 15 is 0 Å². The summed E-state index contributed by atoms with van der Waals surface area (Å²) in [6, 6.07) is 0. The molecule has 0 N–H and O–H groups in total. The Kier molecular flexibility index (Phi) is 2.11. The maximum Gasteiger partial charge on any atom is 0.169 e. The number of Topliss-reactive ketones (excluding diaryl/α,β-unsaturated/α-hetero) is 1. The third-order valence-corrected chi connectivity index (χ3v) is 3.95. The fourth-order valence-electron chi connectivity index (χ4n) is 3.25. The van der Waals surface area contributed by atoms with E-state index in [1.807, 2.05) is 0 Å². The zero-order valence-electron chi connectivity index (χ0n) is 8.58. The maximum atomic E-state index is 13.3. The van der Waals surface area contributed by atoms with Gasteiger partial charge >= 0.3 is 0 Å². The summed E-state index contributed by atoms with van der Waals surface area (Å²) in [6.45, 7) is 1.26. The first-order chi connectivity index (χ1) is 7.19. The Morgan fingerprint density at radius 1 is 1.20 bits per heavy atom. The van der Waals surface area contributed by atoms with Gasteiger partial charge in [-0.1, -0.05) is 0 Å². The molecule has 1 heterocycles. The van der Waals surface area contributed by atoms with Crippen molar-refractivity contribution in [1.29, 1.82) is 0 Å². The van der Waals surface area contributed by atoms with Crippen LogP contribution in [0, 0.1) is 11.8 Å². The molecule has 3 nitrogen and oxygen atoms in total. The molecule has 84 valence electrons. The van der Waals surface area contributed by atoms with Gasteiger partial charge in [0.2, 0.25) is 0 Å². The lowest BCUT2D eigenvalue weighted by molar-refractivity contribution is -0.154. The Morgan fingerprint density at radius 2 is 1.87 bits per heavy atom. The summed E-state index contributed by atoms with van der Waals surface area (Å²) in [6.07, 6.45) is 1.04. The van der Waals surface area contributed by atoms with Gasteiger partial charge in [0.25, 0.3) is 0 Å². The van der Waals surface area contributed by atoms with Crippen molar-refractivity contribution in [3.8, 4) is 0 Å². The Bertz CT molecular complexity index is 286. The molecule has 1 spiro atoms. The third-order valence-electron chi connectivity index (χ3n) is 3.95. The average Bonchev–Trinajstić information content (AvgIpc) is 2.75. The molecule has 1 aliphatic heterocycles. The van der Waals surface area contributed by atoms with Crippen molar-refractivity contribution < 1.29 is 18.7 Å². The Labute approximate surface area is 87.9 Å². The average molecular weight is 214 g/mol. The Hall–Kier alpha value is -0.480. The van der Waals surface area contributed by atoms with Crippen molar-refractivity contribution in [3.05, 3.63) is 0 Å². The monoisotopic (exact) mass is 214 g/mol. The molecule has 3 aliphatic rings. The number of rotatable bonds is 0. The molecule has 3 fully saturated rings. The van der Waals surface area contributed by atoms with Crippen LogP contribution in [-0.4, -0.2) is 31.0 Å². The van der Waals surface area contributed by atoms with Crippen molar-refractivity contribution in [2.24, 2.45) is 11.8 Å². The van der Waals surface area contributed by atoms with Crippen LogP contribution < -0.4 is 0 Å². The van der Waals surface area contributed by atoms with E-state index in [2.05, 4.69) is 0 Å². The first-order valence-corrected chi connectivity index (χ1v) is 5.63. The molecule has 15 heavy (non-hydrogen) atoms. The summed E-state index contributed by atoms with van der Waals surface area (Å²) >= 11 is 0. The van der Waals surface area contributed by atoms with Gasteiger partial charge in [-0.3, -0.25) is 4.79 Å². The molecule has 3 rings (SSSR count). The van der Waals surface area contributed by atoms with Crippen molar-refractivity contribution >= 4 is 5.78 Å². The quantitative estimate of drug-likeness (QED) is 0.612.